The van der Waals surface area contributed by atoms with Crippen molar-refractivity contribution in [3.05, 3.63) is 48.6 Å². The second kappa shape index (κ2) is 43.5. The van der Waals surface area contributed by atoms with Crippen molar-refractivity contribution in [3.63, 3.8) is 0 Å². The number of hydrogen-bond acceptors (Lipinski definition) is 7. The van der Waals surface area contributed by atoms with Gasteiger partial charge in [0.1, 0.15) is 0 Å². The van der Waals surface area contributed by atoms with Crippen LogP contribution in [0.15, 0.2) is 48.6 Å². The highest BCUT2D eigenvalue weighted by Gasteiger charge is 2.27. The highest BCUT2D eigenvalue weighted by Crippen LogP contribution is 2.43. The standard InChI is InChI=1S/C48H91N2O7P/c1-3-5-7-9-11-13-15-17-19-20-21-22-23-24-26-28-30-32-34-36-38-40-47(52)46(44-57-58(54,55)56-42-41-49)50-48(53)43-45(51)39-37-35-33-31-29-27-25-18-16-14-12-10-8-6-4-2/h12,14,18,25,30,32,38,40,45-47,51-52H,3-11,13,15-17,19-24,26-29,31,33-37,39,41-44,49H2,1-2H3,(H,50,53)(H,54,55)/b14-12-,25-18-,32-30+,40-38+. The lowest BCUT2D eigenvalue weighted by molar-refractivity contribution is -0.124. The lowest BCUT2D eigenvalue weighted by atomic mass is 10.0. The SMILES string of the molecule is CCCCC/C=C\C/C=C\CCCCCCCC(O)CC(=O)NC(COP(=O)(O)OCCN)C(O)/C=C/CC/C=C/CCCCCCCCCCCCCCCCC. The van der Waals surface area contributed by atoms with Gasteiger partial charge in [0, 0.05) is 6.54 Å². The predicted octanol–water partition coefficient (Wildman–Crippen LogP) is 12.6. The molecule has 10 heteroatoms. The molecule has 0 aromatic carbocycles. The molecule has 0 fully saturated rings. The number of allylic oxidation sites excluding steroid dienone is 7. The van der Waals surface area contributed by atoms with Gasteiger partial charge in [-0.1, -0.05) is 191 Å². The number of aliphatic hydroxyl groups is 2. The smallest absolute Gasteiger partial charge is 0.393 e. The molecule has 58 heavy (non-hydrogen) atoms. The summed E-state index contributed by atoms with van der Waals surface area (Å²) < 4.78 is 22.1. The van der Waals surface area contributed by atoms with E-state index in [0.717, 1.165) is 57.8 Å². The van der Waals surface area contributed by atoms with Crippen LogP contribution >= 0.6 is 7.82 Å². The Kier molecular flexibility index (Phi) is 42.3. The fourth-order valence-electron chi connectivity index (χ4n) is 6.81. The molecular formula is C48H91N2O7P. The number of amides is 1. The van der Waals surface area contributed by atoms with Crippen molar-refractivity contribution in [1.82, 2.24) is 5.32 Å². The second-order valence-electron chi connectivity index (χ2n) is 16.1. The summed E-state index contributed by atoms with van der Waals surface area (Å²) in [5, 5.41) is 24.1. The molecule has 0 saturated heterocycles. The largest absolute Gasteiger partial charge is 0.472 e. The first-order valence-corrected chi connectivity index (χ1v) is 25.3. The lowest BCUT2D eigenvalue weighted by Crippen LogP contribution is -2.46. The van der Waals surface area contributed by atoms with Crippen molar-refractivity contribution in [2.45, 2.75) is 231 Å². The van der Waals surface area contributed by atoms with Gasteiger partial charge in [-0.3, -0.25) is 13.8 Å². The van der Waals surface area contributed by atoms with Crippen molar-refractivity contribution in [2.75, 3.05) is 19.8 Å². The molecule has 6 N–H and O–H groups in total. The number of carbonyl (C=O) groups is 1. The molecule has 0 aliphatic carbocycles. The van der Waals surface area contributed by atoms with Gasteiger partial charge in [0.2, 0.25) is 5.91 Å². The van der Waals surface area contributed by atoms with Gasteiger partial charge in [-0.05, 0) is 64.2 Å². The van der Waals surface area contributed by atoms with Gasteiger partial charge < -0.3 is 26.2 Å². The Labute approximate surface area is 356 Å². The maximum absolute atomic E-state index is 12.8. The summed E-state index contributed by atoms with van der Waals surface area (Å²) in [6.07, 6.45) is 50.6. The zero-order valence-corrected chi connectivity index (χ0v) is 38.3. The number of phosphoric acid groups is 1. The fourth-order valence-corrected chi connectivity index (χ4v) is 7.57. The predicted molar refractivity (Wildman–Crippen MR) is 246 cm³/mol. The number of nitrogens with two attached hydrogens (primary N) is 1. The van der Waals surface area contributed by atoms with E-state index < -0.39 is 38.6 Å². The van der Waals surface area contributed by atoms with Crippen molar-refractivity contribution in [1.29, 1.82) is 0 Å². The zero-order valence-electron chi connectivity index (χ0n) is 37.4. The molecule has 4 atom stereocenters. The Bertz CT molecular complexity index is 1070. The Morgan fingerprint density at radius 3 is 1.57 bits per heavy atom. The van der Waals surface area contributed by atoms with Crippen LogP contribution in [0.4, 0.5) is 0 Å². The zero-order chi connectivity index (χ0) is 42.6. The third-order valence-corrected chi connectivity index (χ3v) is 11.4. The normalized spacial score (nSPS) is 14.9. The number of phosphoric ester groups is 1. The van der Waals surface area contributed by atoms with Crippen LogP contribution in [-0.2, 0) is 18.4 Å². The molecule has 9 nitrogen and oxygen atoms in total. The fraction of sp³-hybridized carbons (Fsp3) is 0.812. The molecule has 0 radical (unpaired) electrons. The van der Waals surface area contributed by atoms with Crippen LogP contribution in [0.3, 0.4) is 0 Å². The minimum absolute atomic E-state index is 0.0416. The number of unbranched alkanes of at least 4 members (excludes halogenated alkanes) is 24. The minimum atomic E-state index is -4.41. The molecule has 0 rings (SSSR count). The molecule has 0 aliphatic heterocycles. The van der Waals surface area contributed by atoms with E-state index in [0.29, 0.717) is 12.8 Å². The van der Waals surface area contributed by atoms with Gasteiger partial charge in [0.05, 0.1) is 37.9 Å². The van der Waals surface area contributed by atoms with Crippen LogP contribution in [0.2, 0.25) is 0 Å². The van der Waals surface area contributed by atoms with Crippen molar-refractivity contribution in [2.24, 2.45) is 5.73 Å². The van der Waals surface area contributed by atoms with Crippen LogP contribution in [-0.4, -0.2) is 59.0 Å². The molecule has 0 aliphatic rings. The summed E-state index contributed by atoms with van der Waals surface area (Å²) in [5.74, 6) is -0.464. The van der Waals surface area contributed by atoms with E-state index >= 15 is 0 Å². The Morgan fingerprint density at radius 2 is 1.03 bits per heavy atom. The number of hydrogen-bond donors (Lipinski definition) is 5. The summed E-state index contributed by atoms with van der Waals surface area (Å²) in [5.41, 5.74) is 5.37. The quantitative estimate of drug-likeness (QED) is 0.0231. The van der Waals surface area contributed by atoms with Crippen LogP contribution in [0.25, 0.3) is 0 Å². The molecule has 1 amide bonds. The van der Waals surface area contributed by atoms with E-state index in [2.05, 4.69) is 55.6 Å². The first-order valence-electron chi connectivity index (χ1n) is 23.8. The molecule has 0 saturated carbocycles. The Balaban J connectivity index is 4.32. The van der Waals surface area contributed by atoms with Crippen molar-refractivity contribution in [3.8, 4) is 0 Å². The molecule has 0 spiro atoms. The molecule has 340 valence electrons. The summed E-state index contributed by atoms with van der Waals surface area (Å²) in [7, 11) is -4.41. The third kappa shape index (κ3) is 41.2. The van der Waals surface area contributed by atoms with Crippen LogP contribution in [0.1, 0.15) is 213 Å². The first kappa shape index (κ1) is 56.4. The molecule has 0 bridgehead atoms. The van der Waals surface area contributed by atoms with E-state index in [1.165, 1.54) is 122 Å². The van der Waals surface area contributed by atoms with Gasteiger partial charge in [-0.25, -0.2) is 4.57 Å². The van der Waals surface area contributed by atoms with Gasteiger partial charge in [0.15, 0.2) is 0 Å². The minimum Gasteiger partial charge on any atom is -0.393 e. The summed E-state index contributed by atoms with van der Waals surface area (Å²) in [6.45, 7) is 3.93. The lowest BCUT2D eigenvalue weighted by Gasteiger charge is -2.24. The summed E-state index contributed by atoms with van der Waals surface area (Å²) in [4.78, 5) is 22.8. The van der Waals surface area contributed by atoms with Gasteiger partial charge in [-0.15, -0.1) is 0 Å². The van der Waals surface area contributed by atoms with E-state index in [1.807, 2.05) is 6.08 Å². The Hall–Kier alpha value is -1.58. The van der Waals surface area contributed by atoms with Crippen LogP contribution < -0.4 is 11.1 Å². The molecular weight excluding hydrogens is 748 g/mol. The van der Waals surface area contributed by atoms with Crippen LogP contribution in [0.5, 0.6) is 0 Å². The third-order valence-electron chi connectivity index (χ3n) is 10.4. The number of aliphatic hydroxyl groups excluding tert-OH is 2. The van der Waals surface area contributed by atoms with E-state index in [1.54, 1.807) is 6.08 Å². The molecule has 0 aromatic rings. The highest BCUT2D eigenvalue weighted by molar-refractivity contribution is 7.47. The first-order chi connectivity index (χ1) is 28.3. The van der Waals surface area contributed by atoms with E-state index in [-0.39, 0.29) is 19.6 Å². The van der Waals surface area contributed by atoms with Gasteiger partial charge in [-0.2, -0.15) is 0 Å². The Morgan fingerprint density at radius 1 is 0.603 bits per heavy atom. The highest BCUT2D eigenvalue weighted by atomic mass is 31.2. The number of nitrogens with one attached hydrogen (secondary N) is 1. The maximum Gasteiger partial charge on any atom is 0.472 e. The maximum atomic E-state index is 12.8. The molecule has 4 unspecified atom stereocenters. The second-order valence-corrected chi connectivity index (χ2v) is 17.6. The van der Waals surface area contributed by atoms with Crippen molar-refractivity contribution >= 4 is 13.7 Å². The van der Waals surface area contributed by atoms with E-state index in [9.17, 15) is 24.5 Å². The van der Waals surface area contributed by atoms with E-state index in [4.69, 9.17) is 14.8 Å². The summed E-state index contributed by atoms with van der Waals surface area (Å²) in [6, 6.07) is -1.01. The van der Waals surface area contributed by atoms with Gasteiger partial charge >= 0.3 is 7.82 Å². The molecule has 0 heterocycles. The van der Waals surface area contributed by atoms with Gasteiger partial charge in [0.25, 0.3) is 0 Å². The molecule has 0 aromatic heterocycles. The number of rotatable bonds is 44. The topological polar surface area (TPSA) is 151 Å². The van der Waals surface area contributed by atoms with Crippen molar-refractivity contribution < 1.29 is 33.5 Å². The average molecular weight is 839 g/mol. The number of carbonyl (C=O) groups excluding carboxylic acids is 1. The van der Waals surface area contributed by atoms with Crippen LogP contribution in [0, 0.1) is 0 Å². The average Bonchev–Trinajstić information content (AvgIpc) is 3.20. The summed E-state index contributed by atoms with van der Waals surface area (Å²) >= 11 is 0. The monoisotopic (exact) mass is 839 g/mol.